The fourth-order valence-electron chi connectivity index (χ4n) is 2.47. The monoisotopic (exact) mass is 416 g/mol. The Morgan fingerprint density at radius 2 is 1.24 bits per heavy atom. The first-order chi connectivity index (χ1) is 13.5. The summed E-state index contributed by atoms with van der Waals surface area (Å²) in [5.74, 6) is -1.46. The minimum atomic E-state index is -4.83. The van der Waals surface area contributed by atoms with E-state index < -0.39 is 30.2 Å². The fourth-order valence-corrected chi connectivity index (χ4v) is 2.47. The summed E-state index contributed by atoms with van der Waals surface area (Å²) in [5, 5.41) is 0. The Morgan fingerprint density at radius 1 is 0.759 bits per heavy atom. The van der Waals surface area contributed by atoms with Gasteiger partial charge in [0.05, 0.1) is 0 Å². The van der Waals surface area contributed by atoms with Gasteiger partial charge in [-0.05, 0) is 41.5 Å². The number of hydrogen-bond acceptors (Lipinski definition) is 4. The molecule has 0 N–H and O–H groups in total. The van der Waals surface area contributed by atoms with Crippen molar-refractivity contribution in [2.75, 3.05) is 0 Å². The molecule has 1 aliphatic rings. The van der Waals surface area contributed by atoms with Crippen LogP contribution in [0, 0.1) is 0 Å². The second-order valence-corrected chi connectivity index (χ2v) is 5.68. The smallest absolute Gasteiger partial charge is 0.423 e. The van der Waals surface area contributed by atoms with Gasteiger partial charge in [0.2, 0.25) is 0 Å². The van der Waals surface area contributed by atoms with Crippen molar-refractivity contribution < 1.29 is 45.3 Å². The zero-order chi connectivity index (χ0) is 21.2. The van der Waals surface area contributed by atoms with E-state index in [0.717, 1.165) is 30.3 Å². The molecular formula is C19H10F6O4. The van der Waals surface area contributed by atoms with E-state index in [9.17, 15) is 31.1 Å². The van der Waals surface area contributed by atoms with E-state index in [0.29, 0.717) is 16.7 Å². The van der Waals surface area contributed by atoms with Crippen molar-refractivity contribution in [3.8, 4) is 11.5 Å². The topological polar surface area (TPSA) is 44.8 Å². The highest BCUT2D eigenvalue weighted by Gasteiger charge is 2.32. The van der Waals surface area contributed by atoms with Gasteiger partial charge in [-0.3, -0.25) is 0 Å². The van der Waals surface area contributed by atoms with Gasteiger partial charge >= 0.3 is 18.7 Å². The van der Waals surface area contributed by atoms with Crippen LogP contribution in [0.5, 0.6) is 11.5 Å². The molecule has 0 fully saturated rings. The molecule has 0 radical (unpaired) electrons. The first-order valence-electron chi connectivity index (χ1n) is 7.86. The quantitative estimate of drug-likeness (QED) is 0.490. The maximum atomic E-state index is 12.2. The van der Waals surface area contributed by atoms with Gasteiger partial charge in [-0.15, -0.1) is 26.3 Å². The Bertz CT molecular complexity index is 954. The molecule has 0 saturated heterocycles. The average molecular weight is 416 g/mol. The van der Waals surface area contributed by atoms with E-state index in [1.165, 1.54) is 30.3 Å². The summed E-state index contributed by atoms with van der Waals surface area (Å²) in [7, 11) is 0. The molecule has 0 aliphatic carbocycles. The molecule has 1 heterocycles. The van der Waals surface area contributed by atoms with Crippen molar-refractivity contribution in [2.24, 2.45) is 0 Å². The number of cyclic esters (lactones) is 1. The lowest BCUT2D eigenvalue weighted by molar-refractivity contribution is -0.275. The zero-order valence-electron chi connectivity index (χ0n) is 14.2. The van der Waals surface area contributed by atoms with Gasteiger partial charge in [-0.25, -0.2) is 4.79 Å². The van der Waals surface area contributed by atoms with Gasteiger partial charge < -0.3 is 14.2 Å². The van der Waals surface area contributed by atoms with Crippen molar-refractivity contribution >= 4 is 17.6 Å². The van der Waals surface area contributed by atoms with Crippen LogP contribution >= 0.6 is 0 Å². The molecule has 0 amide bonds. The van der Waals surface area contributed by atoms with E-state index in [2.05, 4.69) is 9.47 Å². The van der Waals surface area contributed by atoms with Crippen molar-refractivity contribution in [1.82, 2.24) is 0 Å². The van der Waals surface area contributed by atoms with Gasteiger partial charge in [0.15, 0.2) is 0 Å². The van der Waals surface area contributed by atoms with Crippen LogP contribution in [0.1, 0.15) is 11.1 Å². The lowest BCUT2D eigenvalue weighted by Crippen LogP contribution is -2.17. The number of rotatable bonds is 4. The van der Waals surface area contributed by atoms with Crippen LogP contribution in [-0.4, -0.2) is 18.7 Å². The van der Waals surface area contributed by atoms with Gasteiger partial charge in [0.25, 0.3) is 0 Å². The van der Waals surface area contributed by atoms with E-state index in [1.54, 1.807) is 0 Å². The highest BCUT2D eigenvalue weighted by Crippen LogP contribution is 2.33. The third-order valence-corrected chi connectivity index (χ3v) is 3.55. The Hall–Kier alpha value is -3.43. The summed E-state index contributed by atoms with van der Waals surface area (Å²) in [4.78, 5) is 11.6. The Morgan fingerprint density at radius 3 is 1.72 bits per heavy atom. The molecule has 2 aromatic carbocycles. The van der Waals surface area contributed by atoms with E-state index >= 15 is 0 Å². The SMILES string of the molecule is O=C1C=C(c2ccc(OC(F)(F)F)cc2)C(=Cc2ccc(OC(F)(F)F)cc2)O1. The lowest BCUT2D eigenvalue weighted by Gasteiger charge is -2.10. The fraction of sp³-hybridized carbons (Fsp3) is 0.105. The molecule has 0 bridgehead atoms. The Balaban J connectivity index is 1.81. The lowest BCUT2D eigenvalue weighted by atomic mass is 10.0. The zero-order valence-corrected chi connectivity index (χ0v) is 14.2. The second-order valence-electron chi connectivity index (χ2n) is 5.68. The molecule has 152 valence electrons. The molecule has 10 heteroatoms. The molecule has 0 unspecified atom stereocenters. The second kappa shape index (κ2) is 7.53. The molecule has 0 saturated carbocycles. The Kier molecular flexibility index (Phi) is 5.27. The largest absolute Gasteiger partial charge is 0.573 e. The molecule has 3 rings (SSSR count). The summed E-state index contributed by atoms with van der Waals surface area (Å²) in [6.07, 6.45) is -7.11. The minimum Gasteiger partial charge on any atom is -0.423 e. The molecule has 0 spiro atoms. The molecule has 0 atom stereocenters. The molecule has 2 aromatic rings. The highest BCUT2D eigenvalue weighted by molar-refractivity contribution is 6.03. The van der Waals surface area contributed by atoms with Gasteiger partial charge in [0.1, 0.15) is 17.3 Å². The van der Waals surface area contributed by atoms with Crippen molar-refractivity contribution in [1.29, 1.82) is 0 Å². The normalized spacial score (nSPS) is 15.9. The van der Waals surface area contributed by atoms with Gasteiger partial charge in [0, 0.05) is 11.6 Å². The minimum absolute atomic E-state index is 0.0870. The summed E-state index contributed by atoms with van der Waals surface area (Å²) < 4.78 is 85.9. The van der Waals surface area contributed by atoms with Crippen molar-refractivity contribution in [3.63, 3.8) is 0 Å². The number of allylic oxidation sites excluding steroid dienone is 1. The number of hydrogen-bond donors (Lipinski definition) is 0. The maximum absolute atomic E-state index is 12.2. The summed E-state index contributed by atoms with van der Waals surface area (Å²) in [6, 6.07) is 9.58. The number of carbonyl (C=O) groups excluding carboxylic acids is 1. The Labute approximate surface area is 159 Å². The molecule has 0 aromatic heterocycles. The number of ether oxygens (including phenoxy) is 3. The number of esters is 1. The van der Waals surface area contributed by atoms with Crippen LogP contribution in [0.2, 0.25) is 0 Å². The average Bonchev–Trinajstić information content (AvgIpc) is 2.95. The first kappa shape index (κ1) is 20.3. The molecule has 29 heavy (non-hydrogen) atoms. The van der Waals surface area contributed by atoms with E-state index in [-0.39, 0.29) is 5.76 Å². The van der Waals surface area contributed by atoms with Crippen LogP contribution < -0.4 is 9.47 Å². The number of halogens is 6. The van der Waals surface area contributed by atoms with Gasteiger partial charge in [-0.1, -0.05) is 24.3 Å². The first-order valence-corrected chi connectivity index (χ1v) is 7.86. The molecule has 1 aliphatic heterocycles. The summed E-state index contributed by atoms with van der Waals surface area (Å²) in [6.45, 7) is 0. The standard InChI is InChI=1S/C19H10F6O4/c20-18(21,22)28-13-5-1-11(2-6-13)9-16-15(10-17(26)27-16)12-3-7-14(8-4-12)29-19(23,24)25/h1-10H. The number of benzene rings is 2. The summed E-state index contributed by atoms with van der Waals surface area (Å²) in [5.41, 5.74) is 1.09. The predicted octanol–water partition coefficient (Wildman–Crippen LogP) is 5.47. The number of alkyl halides is 6. The van der Waals surface area contributed by atoms with Crippen molar-refractivity contribution in [3.05, 3.63) is 71.5 Å². The third kappa shape index (κ3) is 5.77. The number of carbonyl (C=O) groups is 1. The summed E-state index contributed by atoms with van der Waals surface area (Å²) >= 11 is 0. The predicted molar refractivity (Wildman–Crippen MR) is 88.3 cm³/mol. The molecular weight excluding hydrogens is 406 g/mol. The maximum Gasteiger partial charge on any atom is 0.573 e. The van der Waals surface area contributed by atoms with Crippen LogP contribution in [0.15, 0.2) is 60.4 Å². The highest BCUT2D eigenvalue weighted by atomic mass is 19.4. The van der Waals surface area contributed by atoms with Crippen LogP contribution in [0.4, 0.5) is 26.3 Å². The van der Waals surface area contributed by atoms with Crippen LogP contribution in [0.25, 0.3) is 11.6 Å². The van der Waals surface area contributed by atoms with E-state index in [4.69, 9.17) is 4.74 Å². The van der Waals surface area contributed by atoms with Crippen LogP contribution in [0.3, 0.4) is 0 Å². The third-order valence-electron chi connectivity index (χ3n) is 3.55. The van der Waals surface area contributed by atoms with Crippen molar-refractivity contribution in [2.45, 2.75) is 12.7 Å². The molecule has 4 nitrogen and oxygen atoms in total. The van der Waals surface area contributed by atoms with E-state index in [1.807, 2.05) is 0 Å². The van der Waals surface area contributed by atoms with Crippen LogP contribution in [-0.2, 0) is 9.53 Å². The van der Waals surface area contributed by atoms with Gasteiger partial charge in [-0.2, -0.15) is 0 Å².